The number of rotatable bonds is 6. The third kappa shape index (κ3) is 5.94. The van der Waals surface area contributed by atoms with Crippen LogP contribution in [0.25, 0.3) is 0 Å². The normalized spacial score (nSPS) is 12.2. The van der Waals surface area contributed by atoms with Gasteiger partial charge in [0, 0.05) is 12.2 Å². The summed E-state index contributed by atoms with van der Waals surface area (Å²) in [6.07, 6.45) is 0.908. The van der Waals surface area contributed by atoms with E-state index in [4.69, 9.17) is 14.6 Å². The quantitative estimate of drug-likeness (QED) is 0.701. The number of ether oxygens (including phenoxy) is 2. The van der Waals surface area contributed by atoms with E-state index in [0.717, 1.165) is 0 Å². The summed E-state index contributed by atoms with van der Waals surface area (Å²) in [5.74, 6) is -0.933. The molecule has 7 heteroatoms. The number of carbonyl (C=O) groups is 1. The highest BCUT2D eigenvalue weighted by atomic mass is 79.9. The molecule has 0 aliphatic rings. The monoisotopic (exact) mass is 403 g/mol. The molecule has 0 fully saturated rings. The van der Waals surface area contributed by atoms with Gasteiger partial charge in [0.15, 0.2) is 5.56 Å². The van der Waals surface area contributed by atoms with Gasteiger partial charge in [0.05, 0.1) is 0 Å². The molecule has 6 nitrogen and oxygen atoms in total. The minimum absolute atomic E-state index is 0.00822. The fourth-order valence-electron chi connectivity index (χ4n) is 2.00. The lowest BCUT2D eigenvalue weighted by atomic mass is 10.1. The third-order valence-corrected chi connectivity index (χ3v) is 3.43. The van der Waals surface area contributed by atoms with Gasteiger partial charge in [-0.05, 0) is 70.3 Å². The number of pyridine rings is 1. The molecule has 1 aromatic heterocycles. The molecule has 0 saturated carbocycles. The summed E-state index contributed by atoms with van der Waals surface area (Å²) in [5.41, 5.74) is -0.700. The highest BCUT2D eigenvalue weighted by molar-refractivity contribution is 9.10. The summed E-state index contributed by atoms with van der Waals surface area (Å²) >= 11 is 3.38. The zero-order chi connectivity index (χ0) is 18.7. The minimum Gasteiger partial charge on any atom is -0.487 e. The molecule has 0 saturated heterocycles. The van der Waals surface area contributed by atoms with E-state index in [2.05, 4.69) is 20.9 Å². The number of aliphatic hydroxyl groups is 1. The number of aliphatic hydroxyl groups excluding tert-OH is 1. The lowest BCUT2D eigenvalue weighted by molar-refractivity contribution is 0.0654. The fraction of sp³-hybridized carbons (Fsp3) is 0.647. The maximum Gasteiger partial charge on any atom is 0.345 e. The van der Waals surface area contributed by atoms with Crippen LogP contribution in [0.5, 0.6) is 11.6 Å². The van der Waals surface area contributed by atoms with E-state index >= 15 is 0 Å². The van der Waals surface area contributed by atoms with Crippen LogP contribution in [0.15, 0.2) is 4.60 Å². The van der Waals surface area contributed by atoms with Crippen LogP contribution in [-0.4, -0.2) is 39.0 Å². The molecular weight excluding hydrogens is 378 g/mol. The second kappa shape index (κ2) is 7.70. The van der Waals surface area contributed by atoms with Gasteiger partial charge in [-0.2, -0.15) is 0 Å². The Balaban J connectivity index is 3.62. The van der Waals surface area contributed by atoms with Gasteiger partial charge in [0.2, 0.25) is 5.88 Å². The fourth-order valence-corrected chi connectivity index (χ4v) is 2.54. The Hall–Kier alpha value is -1.34. The van der Waals surface area contributed by atoms with Crippen molar-refractivity contribution >= 4 is 21.9 Å². The molecule has 0 spiro atoms. The molecule has 0 radical (unpaired) electrons. The van der Waals surface area contributed by atoms with Crippen molar-refractivity contribution in [2.24, 2.45) is 0 Å². The highest BCUT2D eigenvalue weighted by Crippen LogP contribution is 2.39. The van der Waals surface area contributed by atoms with Crippen molar-refractivity contribution in [3.63, 3.8) is 0 Å². The zero-order valence-electron chi connectivity index (χ0n) is 15.1. The lowest BCUT2D eigenvalue weighted by Gasteiger charge is -2.28. The highest BCUT2D eigenvalue weighted by Gasteiger charge is 2.30. The molecule has 136 valence electrons. The Morgan fingerprint density at radius 2 is 1.67 bits per heavy atom. The molecule has 0 aliphatic carbocycles. The molecule has 0 bridgehead atoms. The number of nitrogens with zero attached hydrogens (tertiary/aromatic N) is 1. The molecule has 1 aromatic rings. The van der Waals surface area contributed by atoms with Gasteiger partial charge in [0.25, 0.3) is 0 Å². The topological polar surface area (TPSA) is 88.9 Å². The van der Waals surface area contributed by atoms with Gasteiger partial charge in [0.1, 0.15) is 21.6 Å². The smallest absolute Gasteiger partial charge is 0.345 e. The minimum atomic E-state index is -1.17. The van der Waals surface area contributed by atoms with Crippen molar-refractivity contribution in [2.75, 3.05) is 6.61 Å². The Labute approximate surface area is 151 Å². The Morgan fingerprint density at radius 3 is 2.08 bits per heavy atom. The van der Waals surface area contributed by atoms with Crippen molar-refractivity contribution in [3.8, 4) is 11.6 Å². The third-order valence-electron chi connectivity index (χ3n) is 2.77. The number of hydrogen-bond acceptors (Lipinski definition) is 5. The summed E-state index contributed by atoms with van der Waals surface area (Å²) in [6, 6.07) is 0. The van der Waals surface area contributed by atoms with Crippen molar-refractivity contribution in [1.29, 1.82) is 0 Å². The number of carboxylic acid groups (broad SMARTS) is 1. The predicted octanol–water partition coefficient (Wildman–Crippen LogP) is 3.82. The molecule has 24 heavy (non-hydrogen) atoms. The largest absolute Gasteiger partial charge is 0.487 e. The average Bonchev–Trinajstić information content (AvgIpc) is 2.33. The summed E-state index contributed by atoms with van der Waals surface area (Å²) in [6.45, 7) is 11.0. The second-order valence-electron chi connectivity index (χ2n) is 7.45. The predicted molar refractivity (Wildman–Crippen MR) is 95.1 cm³/mol. The molecule has 2 N–H and O–H groups in total. The summed E-state index contributed by atoms with van der Waals surface area (Å²) in [5, 5.41) is 18.8. The van der Waals surface area contributed by atoms with Crippen LogP contribution in [0.2, 0.25) is 0 Å². The van der Waals surface area contributed by atoms with E-state index < -0.39 is 17.2 Å². The van der Waals surface area contributed by atoms with Crippen LogP contribution in [0.1, 0.15) is 63.9 Å². The second-order valence-corrected chi connectivity index (χ2v) is 8.20. The number of hydrogen-bond donors (Lipinski definition) is 2. The first-order valence-electron chi connectivity index (χ1n) is 7.80. The maximum atomic E-state index is 11.9. The molecule has 0 aromatic carbocycles. The van der Waals surface area contributed by atoms with Crippen LogP contribution < -0.4 is 9.47 Å². The van der Waals surface area contributed by atoms with Crippen molar-refractivity contribution in [3.05, 3.63) is 15.7 Å². The Kier molecular flexibility index (Phi) is 6.64. The van der Waals surface area contributed by atoms with E-state index in [9.17, 15) is 9.90 Å². The molecule has 0 unspecified atom stereocenters. The maximum absolute atomic E-state index is 11.9. The van der Waals surface area contributed by atoms with Gasteiger partial charge in [-0.15, -0.1) is 0 Å². The van der Waals surface area contributed by atoms with E-state index in [-0.39, 0.29) is 23.8 Å². The van der Waals surface area contributed by atoms with Crippen molar-refractivity contribution < 1.29 is 24.5 Å². The summed E-state index contributed by atoms with van der Waals surface area (Å²) in [7, 11) is 0. The van der Waals surface area contributed by atoms with E-state index in [1.54, 1.807) is 0 Å². The van der Waals surface area contributed by atoms with Crippen LogP contribution in [0.3, 0.4) is 0 Å². The van der Waals surface area contributed by atoms with E-state index in [0.29, 0.717) is 23.0 Å². The molecule has 1 rings (SSSR count). The number of halogens is 1. The summed E-state index contributed by atoms with van der Waals surface area (Å²) in [4.78, 5) is 16.2. The van der Waals surface area contributed by atoms with Crippen molar-refractivity contribution in [2.45, 2.75) is 65.6 Å². The van der Waals surface area contributed by atoms with E-state index in [1.165, 1.54) is 0 Å². The first kappa shape index (κ1) is 20.7. The standard InChI is InChI=1S/C17H26BrNO5/c1-16(2,3)23-12-10(8-7-9-20)13(18)19-14(11(12)15(21)22)24-17(4,5)6/h20H,7-9H2,1-6H3,(H,21,22). The molecule has 0 atom stereocenters. The summed E-state index contributed by atoms with van der Waals surface area (Å²) < 4.78 is 12.1. The zero-order valence-corrected chi connectivity index (χ0v) is 16.7. The van der Waals surface area contributed by atoms with Gasteiger partial charge >= 0.3 is 5.97 Å². The van der Waals surface area contributed by atoms with Gasteiger partial charge in [-0.1, -0.05) is 0 Å². The number of carboxylic acids is 1. The average molecular weight is 404 g/mol. The van der Waals surface area contributed by atoms with Crippen LogP contribution in [0, 0.1) is 0 Å². The molecular formula is C17H26BrNO5. The first-order valence-corrected chi connectivity index (χ1v) is 8.59. The van der Waals surface area contributed by atoms with Gasteiger partial charge in [-0.25, -0.2) is 9.78 Å². The van der Waals surface area contributed by atoms with Crippen molar-refractivity contribution in [1.82, 2.24) is 4.98 Å². The van der Waals surface area contributed by atoms with Gasteiger partial charge < -0.3 is 19.7 Å². The van der Waals surface area contributed by atoms with Crippen LogP contribution in [-0.2, 0) is 6.42 Å². The Bertz CT molecular complexity index is 602. The number of aromatic carboxylic acids is 1. The SMILES string of the molecule is CC(C)(C)Oc1nc(Br)c(CCCO)c(OC(C)(C)C)c1C(=O)O. The molecule has 0 amide bonds. The van der Waals surface area contributed by atoms with Crippen LogP contribution in [0.4, 0.5) is 0 Å². The first-order chi connectivity index (χ1) is 10.9. The lowest BCUT2D eigenvalue weighted by Crippen LogP contribution is -2.28. The molecule has 1 heterocycles. The number of aromatic nitrogens is 1. The van der Waals surface area contributed by atoms with E-state index in [1.807, 2.05) is 41.5 Å². The Morgan fingerprint density at radius 1 is 1.12 bits per heavy atom. The van der Waals surface area contributed by atoms with Gasteiger partial charge in [-0.3, -0.25) is 0 Å². The van der Waals surface area contributed by atoms with Crippen LogP contribution >= 0.6 is 15.9 Å². The molecule has 0 aliphatic heterocycles.